The topological polar surface area (TPSA) is 48.5 Å². The summed E-state index contributed by atoms with van der Waals surface area (Å²) in [6, 6.07) is 21.9. The molecule has 151 valence electrons. The Labute approximate surface area is 188 Å². The van der Waals surface area contributed by atoms with Gasteiger partial charge in [-0.25, -0.2) is 0 Å². The zero-order valence-corrected chi connectivity index (χ0v) is 19.3. The van der Waals surface area contributed by atoms with Crippen molar-refractivity contribution in [1.82, 2.24) is 24.3 Å². The molecule has 0 aliphatic carbocycles. The van der Waals surface area contributed by atoms with Crippen LogP contribution < -0.4 is 0 Å². The molecule has 0 saturated carbocycles. The number of imidazole rings is 1. The maximum absolute atomic E-state index is 4.55. The van der Waals surface area contributed by atoms with Crippen molar-refractivity contribution in [3.8, 4) is 22.8 Å². The maximum atomic E-state index is 4.55. The number of para-hydroxylation sites is 1. The number of aryl methyl sites for hydroxylation is 3. The van der Waals surface area contributed by atoms with Gasteiger partial charge in [0.05, 0.1) is 17.8 Å². The Bertz CT molecular complexity index is 1310. The summed E-state index contributed by atoms with van der Waals surface area (Å²) in [6.07, 6.45) is 3.44. The van der Waals surface area contributed by atoms with Crippen LogP contribution in [-0.4, -0.2) is 24.3 Å². The first-order valence-corrected chi connectivity index (χ1v) is 9.54. The van der Waals surface area contributed by atoms with Crippen molar-refractivity contribution in [1.29, 1.82) is 0 Å². The van der Waals surface area contributed by atoms with E-state index in [1.807, 2.05) is 35.3 Å². The zero-order valence-electron chi connectivity index (χ0n) is 16.9. The monoisotopic (exact) mass is 571 g/mol. The summed E-state index contributed by atoms with van der Waals surface area (Å²) in [5.74, 6) is 0.766. The van der Waals surface area contributed by atoms with Gasteiger partial charge >= 0.3 is 0 Å². The van der Waals surface area contributed by atoms with Crippen LogP contribution in [0.5, 0.6) is 0 Å². The van der Waals surface area contributed by atoms with Crippen molar-refractivity contribution < 1.29 is 20.1 Å². The van der Waals surface area contributed by atoms with Crippen LogP contribution in [0.1, 0.15) is 16.7 Å². The Morgan fingerprint density at radius 2 is 1.63 bits per heavy atom. The van der Waals surface area contributed by atoms with Crippen molar-refractivity contribution in [3.05, 3.63) is 90.0 Å². The van der Waals surface area contributed by atoms with E-state index in [-0.39, 0.29) is 20.1 Å². The fraction of sp³-hybridized carbons (Fsp3) is 0.125. The van der Waals surface area contributed by atoms with E-state index in [4.69, 9.17) is 0 Å². The van der Waals surface area contributed by atoms with Gasteiger partial charge in [-0.3, -0.25) is 14.6 Å². The molecule has 0 fully saturated rings. The minimum absolute atomic E-state index is 0. The van der Waals surface area contributed by atoms with Crippen LogP contribution in [0.25, 0.3) is 33.8 Å². The first-order valence-electron chi connectivity index (χ1n) is 9.54. The fourth-order valence-corrected chi connectivity index (χ4v) is 3.97. The molecule has 0 atom stereocenters. The van der Waals surface area contributed by atoms with Gasteiger partial charge in [-0.1, -0.05) is 35.9 Å². The maximum Gasteiger partial charge on any atom is 0.127 e. The second-order valence-corrected chi connectivity index (χ2v) is 7.31. The van der Waals surface area contributed by atoms with E-state index in [2.05, 4.69) is 76.8 Å². The van der Waals surface area contributed by atoms with Crippen LogP contribution >= 0.6 is 0 Å². The molecular weight excluding hydrogens is 551 g/mol. The van der Waals surface area contributed by atoms with Crippen molar-refractivity contribution in [2.45, 2.75) is 20.8 Å². The number of benzene rings is 3. The Morgan fingerprint density at radius 1 is 0.900 bits per heavy atom. The third kappa shape index (κ3) is 3.38. The van der Waals surface area contributed by atoms with E-state index in [9.17, 15) is 0 Å². The van der Waals surface area contributed by atoms with Crippen LogP contribution in [0, 0.1) is 26.8 Å². The van der Waals surface area contributed by atoms with Crippen molar-refractivity contribution in [3.63, 3.8) is 0 Å². The van der Waals surface area contributed by atoms with E-state index in [0.29, 0.717) is 0 Å². The number of rotatable bonds is 3. The SMILES string of the molecule is Cc1cc(C)c(-n2ncnc2-c2[c-]cc3ncn(-c4ccccc4)c3c2)c(C)c1.[Ir]. The quantitative estimate of drug-likeness (QED) is 0.287. The van der Waals surface area contributed by atoms with Crippen molar-refractivity contribution in [2.75, 3.05) is 0 Å². The standard InChI is InChI=1S/C24H20N5.Ir/c1-16-11-17(2)23(18(3)12-16)29-24(25-14-27-29)19-9-10-21-22(13-19)28(15-26-21)20-7-5-4-6-8-20;/h4-8,10-15H,1-3H3;/q-1;. The molecule has 0 aliphatic rings. The summed E-state index contributed by atoms with van der Waals surface area (Å²) in [5, 5.41) is 4.53. The third-order valence-electron chi connectivity index (χ3n) is 5.15. The number of aromatic nitrogens is 5. The van der Waals surface area contributed by atoms with Gasteiger partial charge < -0.3 is 4.57 Å². The molecular formula is C24H20IrN5-. The molecule has 0 aliphatic heterocycles. The predicted octanol–water partition coefficient (Wildman–Crippen LogP) is 5.00. The molecule has 6 heteroatoms. The average Bonchev–Trinajstić information content (AvgIpc) is 3.34. The minimum atomic E-state index is 0. The molecule has 0 spiro atoms. The Balaban J connectivity index is 0.00000218. The van der Waals surface area contributed by atoms with Crippen molar-refractivity contribution in [2.24, 2.45) is 0 Å². The van der Waals surface area contributed by atoms with Gasteiger partial charge in [0.25, 0.3) is 0 Å². The molecule has 0 unspecified atom stereocenters. The summed E-state index contributed by atoms with van der Waals surface area (Å²) in [4.78, 5) is 9.08. The van der Waals surface area contributed by atoms with Crippen molar-refractivity contribution >= 4 is 11.0 Å². The second kappa shape index (κ2) is 7.98. The summed E-state index contributed by atoms with van der Waals surface area (Å²) in [5.41, 5.74) is 8.50. The van der Waals surface area contributed by atoms with E-state index >= 15 is 0 Å². The van der Waals surface area contributed by atoms with Gasteiger partial charge in [0, 0.05) is 31.3 Å². The van der Waals surface area contributed by atoms with E-state index < -0.39 is 0 Å². The molecule has 0 amide bonds. The first kappa shape index (κ1) is 20.2. The normalized spacial score (nSPS) is 10.9. The molecule has 5 aromatic rings. The van der Waals surface area contributed by atoms with Gasteiger partial charge in [-0.15, -0.1) is 23.8 Å². The largest absolute Gasteiger partial charge is 0.318 e. The van der Waals surface area contributed by atoms with Gasteiger partial charge in [-0.05, 0) is 49.5 Å². The van der Waals surface area contributed by atoms with Crippen LogP contribution in [0.2, 0.25) is 0 Å². The van der Waals surface area contributed by atoms with Crippen LogP contribution in [0.4, 0.5) is 0 Å². The van der Waals surface area contributed by atoms with Gasteiger partial charge in [0.2, 0.25) is 0 Å². The number of fused-ring (bicyclic) bond motifs is 1. The molecule has 30 heavy (non-hydrogen) atoms. The number of hydrogen-bond donors (Lipinski definition) is 0. The Morgan fingerprint density at radius 3 is 2.37 bits per heavy atom. The average molecular weight is 571 g/mol. The molecule has 3 aromatic carbocycles. The Kier molecular flexibility index (Phi) is 5.37. The molecule has 5 rings (SSSR count). The minimum Gasteiger partial charge on any atom is -0.318 e. The van der Waals surface area contributed by atoms with Crippen LogP contribution in [0.15, 0.2) is 67.3 Å². The number of hydrogen-bond acceptors (Lipinski definition) is 3. The summed E-state index contributed by atoms with van der Waals surface area (Å²) in [7, 11) is 0. The summed E-state index contributed by atoms with van der Waals surface area (Å²) >= 11 is 0. The zero-order chi connectivity index (χ0) is 20.0. The molecule has 5 nitrogen and oxygen atoms in total. The van der Waals surface area contributed by atoms with Crippen LogP contribution in [-0.2, 0) is 20.1 Å². The first-order chi connectivity index (χ1) is 14.1. The second-order valence-electron chi connectivity index (χ2n) is 7.31. The summed E-state index contributed by atoms with van der Waals surface area (Å²) < 4.78 is 3.99. The molecule has 0 bridgehead atoms. The van der Waals surface area contributed by atoms with Gasteiger partial charge in [0.15, 0.2) is 0 Å². The van der Waals surface area contributed by atoms with E-state index in [0.717, 1.165) is 33.8 Å². The third-order valence-corrected chi connectivity index (χ3v) is 5.15. The van der Waals surface area contributed by atoms with Gasteiger partial charge in [0.1, 0.15) is 6.33 Å². The van der Waals surface area contributed by atoms with E-state index in [1.54, 1.807) is 6.33 Å². The molecule has 0 saturated heterocycles. The van der Waals surface area contributed by atoms with Crippen LogP contribution in [0.3, 0.4) is 0 Å². The molecule has 2 heterocycles. The fourth-order valence-electron chi connectivity index (χ4n) is 3.97. The van der Waals surface area contributed by atoms with E-state index in [1.165, 1.54) is 16.7 Å². The number of nitrogens with zero attached hydrogens (tertiary/aromatic N) is 5. The molecule has 0 N–H and O–H groups in total. The summed E-state index contributed by atoms with van der Waals surface area (Å²) in [6.45, 7) is 6.33. The van der Waals surface area contributed by atoms with Gasteiger partial charge in [-0.2, -0.15) is 5.10 Å². The Hall–Kier alpha value is -3.08. The smallest absolute Gasteiger partial charge is 0.127 e. The molecule has 1 radical (unpaired) electrons. The predicted molar refractivity (Wildman–Crippen MR) is 114 cm³/mol. The molecule has 2 aromatic heterocycles.